The molecule has 0 spiro atoms. The van der Waals surface area contributed by atoms with E-state index in [4.69, 9.17) is 0 Å². The lowest BCUT2D eigenvalue weighted by Gasteiger charge is -2.16. The highest BCUT2D eigenvalue weighted by Crippen LogP contribution is 2.25. The van der Waals surface area contributed by atoms with Crippen LogP contribution in [0.2, 0.25) is 0 Å². The van der Waals surface area contributed by atoms with E-state index in [1.165, 1.54) is 5.56 Å². The standard InChI is InChI=1S/C21H22N6O2/c1-14-8-9-18(10-15(14)2)27-19(23-24-25-27)12-22-21(29)16-11-20(28)26(13-16)17-6-4-3-5-7-17/h3-10,16H,11-13H2,1-2H3,(H,22,29)/t16-/m0/s1. The fourth-order valence-electron chi connectivity index (χ4n) is 3.43. The molecule has 0 unspecified atom stereocenters. The van der Waals surface area contributed by atoms with Gasteiger partial charge in [-0.3, -0.25) is 9.59 Å². The van der Waals surface area contributed by atoms with Gasteiger partial charge in [0.2, 0.25) is 11.8 Å². The Bertz CT molecular complexity index is 1050. The van der Waals surface area contributed by atoms with Gasteiger partial charge in [0, 0.05) is 18.7 Å². The maximum absolute atomic E-state index is 12.6. The summed E-state index contributed by atoms with van der Waals surface area (Å²) in [6.07, 6.45) is 0.197. The molecule has 148 valence electrons. The molecule has 1 aromatic heterocycles. The second-order valence-corrected chi connectivity index (χ2v) is 7.23. The lowest BCUT2D eigenvalue weighted by atomic mass is 10.1. The number of rotatable bonds is 5. The number of benzene rings is 2. The van der Waals surface area contributed by atoms with Gasteiger partial charge < -0.3 is 10.2 Å². The van der Waals surface area contributed by atoms with Gasteiger partial charge in [-0.2, -0.15) is 4.68 Å². The molecule has 1 atom stereocenters. The number of aryl methyl sites for hydroxylation is 2. The van der Waals surface area contributed by atoms with Crippen molar-refractivity contribution in [1.82, 2.24) is 25.5 Å². The van der Waals surface area contributed by atoms with E-state index in [2.05, 4.69) is 20.8 Å². The molecule has 1 N–H and O–H groups in total. The number of hydrogen-bond acceptors (Lipinski definition) is 5. The second kappa shape index (κ2) is 7.83. The highest BCUT2D eigenvalue weighted by molar-refractivity contribution is 6.00. The average molecular weight is 390 g/mol. The Morgan fingerprint density at radius 1 is 1.10 bits per heavy atom. The van der Waals surface area contributed by atoms with Crippen molar-refractivity contribution in [1.29, 1.82) is 0 Å². The summed E-state index contributed by atoms with van der Waals surface area (Å²) >= 11 is 0. The van der Waals surface area contributed by atoms with E-state index < -0.39 is 5.92 Å². The number of tetrazole rings is 1. The predicted molar refractivity (Wildman–Crippen MR) is 107 cm³/mol. The molecule has 8 heteroatoms. The molecule has 4 rings (SSSR count). The number of amides is 2. The number of para-hydroxylation sites is 1. The highest BCUT2D eigenvalue weighted by atomic mass is 16.2. The van der Waals surface area contributed by atoms with Crippen LogP contribution in [0.1, 0.15) is 23.4 Å². The lowest BCUT2D eigenvalue weighted by molar-refractivity contribution is -0.126. The first-order valence-electron chi connectivity index (χ1n) is 9.51. The predicted octanol–water partition coefficient (Wildman–Crippen LogP) is 1.95. The van der Waals surface area contributed by atoms with E-state index in [1.54, 1.807) is 9.58 Å². The first kappa shape index (κ1) is 18.8. The van der Waals surface area contributed by atoms with Crippen LogP contribution in [0.4, 0.5) is 5.69 Å². The fraction of sp³-hybridized carbons (Fsp3) is 0.286. The van der Waals surface area contributed by atoms with E-state index in [1.807, 2.05) is 62.4 Å². The summed E-state index contributed by atoms with van der Waals surface area (Å²) in [7, 11) is 0. The molecule has 0 bridgehead atoms. The van der Waals surface area contributed by atoms with Crippen LogP contribution >= 0.6 is 0 Å². The molecule has 1 saturated heterocycles. The van der Waals surface area contributed by atoms with Crippen LogP contribution in [0.5, 0.6) is 0 Å². The Morgan fingerprint density at radius 3 is 2.66 bits per heavy atom. The summed E-state index contributed by atoms with van der Waals surface area (Å²) in [5, 5.41) is 14.7. The van der Waals surface area contributed by atoms with Crippen LogP contribution in [0.25, 0.3) is 5.69 Å². The van der Waals surface area contributed by atoms with E-state index >= 15 is 0 Å². The van der Waals surface area contributed by atoms with Crippen molar-refractivity contribution in [3.63, 3.8) is 0 Å². The molecule has 0 aliphatic carbocycles. The van der Waals surface area contributed by atoms with Crippen LogP contribution in [0.3, 0.4) is 0 Å². The normalized spacial score (nSPS) is 16.3. The number of nitrogens with zero attached hydrogens (tertiary/aromatic N) is 5. The number of hydrogen-bond donors (Lipinski definition) is 1. The molecule has 2 amide bonds. The fourth-order valence-corrected chi connectivity index (χ4v) is 3.43. The largest absolute Gasteiger partial charge is 0.348 e. The van der Waals surface area contributed by atoms with E-state index in [0.717, 1.165) is 16.9 Å². The Labute approximate surface area is 168 Å². The van der Waals surface area contributed by atoms with E-state index in [9.17, 15) is 9.59 Å². The average Bonchev–Trinajstić information content (AvgIpc) is 3.35. The third kappa shape index (κ3) is 3.87. The van der Waals surface area contributed by atoms with Crippen LogP contribution < -0.4 is 10.2 Å². The minimum atomic E-state index is -0.395. The molecule has 0 saturated carbocycles. The van der Waals surface area contributed by atoms with Crippen molar-refractivity contribution in [3.05, 3.63) is 65.5 Å². The molecule has 2 aromatic carbocycles. The molecule has 1 aliphatic heterocycles. The Balaban J connectivity index is 1.41. The highest BCUT2D eigenvalue weighted by Gasteiger charge is 2.35. The molecule has 2 heterocycles. The van der Waals surface area contributed by atoms with Gasteiger partial charge in [0.1, 0.15) is 0 Å². The van der Waals surface area contributed by atoms with E-state index in [0.29, 0.717) is 12.4 Å². The molecular weight excluding hydrogens is 368 g/mol. The number of nitrogens with one attached hydrogen (secondary N) is 1. The molecular formula is C21H22N6O2. The molecule has 3 aromatic rings. The SMILES string of the molecule is Cc1ccc(-n2nnnc2CNC(=O)[C@H]2CC(=O)N(c3ccccc3)C2)cc1C. The minimum absolute atomic E-state index is 0.0451. The van der Waals surface area contributed by atoms with Crippen LogP contribution in [0, 0.1) is 19.8 Å². The smallest absolute Gasteiger partial charge is 0.227 e. The third-order valence-electron chi connectivity index (χ3n) is 5.25. The zero-order valence-electron chi connectivity index (χ0n) is 16.4. The van der Waals surface area contributed by atoms with Crippen molar-refractivity contribution < 1.29 is 9.59 Å². The Morgan fingerprint density at radius 2 is 1.90 bits per heavy atom. The summed E-state index contributed by atoms with van der Waals surface area (Å²) in [4.78, 5) is 26.6. The molecule has 8 nitrogen and oxygen atoms in total. The number of aromatic nitrogens is 4. The van der Waals surface area contributed by atoms with Crippen molar-refractivity contribution in [2.24, 2.45) is 5.92 Å². The molecule has 29 heavy (non-hydrogen) atoms. The van der Waals surface area contributed by atoms with Gasteiger partial charge in [-0.05, 0) is 59.7 Å². The minimum Gasteiger partial charge on any atom is -0.348 e. The van der Waals surface area contributed by atoms with Gasteiger partial charge >= 0.3 is 0 Å². The van der Waals surface area contributed by atoms with Gasteiger partial charge in [-0.25, -0.2) is 0 Å². The number of anilines is 1. The summed E-state index contributed by atoms with van der Waals surface area (Å²) in [5.74, 6) is -0.0813. The quantitative estimate of drug-likeness (QED) is 0.719. The molecule has 0 radical (unpaired) electrons. The summed E-state index contributed by atoms with van der Waals surface area (Å²) in [6, 6.07) is 15.4. The van der Waals surface area contributed by atoms with Crippen molar-refractivity contribution >= 4 is 17.5 Å². The Hall–Kier alpha value is -3.55. The van der Waals surface area contributed by atoms with Crippen LogP contribution in [-0.2, 0) is 16.1 Å². The van der Waals surface area contributed by atoms with Gasteiger partial charge in [0.25, 0.3) is 0 Å². The molecule has 1 aliphatic rings. The number of carbonyl (C=O) groups excluding carboxylic acids is 2. The summed E-state index contributed by atoms with van der Waals surface area (Å²) in [6.45, 7) is 4.63. The first-order chi connectivity index (χ1) is 14.0. The Kier molecular flexibility index (Phi) is 5.07. The van der Waals surface area contributed by atoms with Gasteiger partial charge in [-0.15, -0.1) is 5.10 Å². The lowest BCUT2D eigenvalue weighted by Crippen LogP contribution is -2.33. The summed E-state index contributed by atoms with van der Waals surface area (Å²) < 4.78 is 1.61. The van der Waals surface area contributed by atoms with Crippen molar-refractivity contribution in [2.45, 2.75) is 26.8 Å². The second-order valence-electron chi connectivity index (χ2n) is 7.23. The summed E-state index contributed by atoms with van der Waals surface area (Å²) in [5.41, 5.74) is 3.98. The zero-order chi connectivity index (χ0) is 20.4. The topological polar surface area (TPSA) is 93.0 Å². The van der Waals surface area contributed by atoms with Crippen LogP contribution in [0.15, 0.2) is 48.5 Å². The van der Waals surface area contributed by atoms with Gasteiger partial charge in [0.05, 0.1) is 18.2 Å². The van der Waals surface area contributed by atoms with Crippen molar-refractivity contribution in [3.8, 4) is 5.69 Å². The maximum Gasteiger partial charge on any atom is 0.227 e. The molecule has 1 fully saturated rings. The maximum atomic E-state index is 12.6. The number of carbonyl (C=O) groups is 2. The zero-order valence-corrected chi connectivity index (χ0v) is 16.4. The van der Waals surface area contributed by atoms with Gasteiger partial charge in [0.15, 0.2) is 5.82 Å². The van der Waals surface area contributed by atoms with E-state index in [-0.39, 0.29) is 24.8 Å². The van der Waals surface area contributed by atoms with Gasteiger partial charge in [-0.1, -0.05) is 24.3 Å². The monoisotopic (exact) mass is 390 g/mol. The van der Waals surface area contributed by atoms with Crippen LogP contribution in [-0.4, -0.2) is 38.6 Å². The first-order valence-corrected chi connectivity index (χ1v) is 9.51. The third-order valence-corrected chi connectivity index (χ3v) is 5.25. The van der Waals surface area contributed by atoms with Crippen molar-refractivity contribution in [2.75, 3.05) is 11.4 Å².